The van der Waals surface area contributed by atoms with Crippen molar-refractivity contribution in [3.05, 3.63) is 6.33 Å². The molecule has 250 valence electrons. The summed E-state index contributed by atoms with van der Waals surface area (Å²) in [5, 5.41) is 8.07. The number of hydrogen-bond donors (Lipinski definition) is 1. The second kappa shape index (κ2) is 17.2. The Kier molecular flexibility index (Phi) is 13.1. The molecule has 4 rings (SSSR count). The van der Waals surface area contributed by atoms with Crippen molar-refractivity contribution in [1.29, 1.82) is 0 Å². The van der Waals surface area contributed by atoms with Gasteiger partial charge in [-0.3, -0.25) is 4.68 Å². The van der Waals surface area contributed by atoms with Crippen LogP contribution < -0.4 is 24.9 Å². The topological polar surface area (TPSA) is 144 Å². The number of methoxy groups -OCH3 is 4. The summed E-state index contributed by atoms with van der Waals surface area (Å²) in [4.78, 5) is 33.5. The van der Waals surface area contributed by atoms with E-state index in [1.807, 2.05) is 7.05 Å². The van der Waals surface area contributed by atoms with E-state index in [4.69, 9.17) is 38.9 Å². The SMILES string of the molecule is COCCN(CCOC)c1nc(N2CCN(c3ncn(C)n3)CC2)c2nc(N(CCOC)CCOC)nc(NCC(C)C)c2n1. The summed E-state index contributed by atoms with van der Waals surface area (Å²) in [6.07, 6.45) is 1.73. The maximum atomic E-state index is 5.43. The molecule has 0 saturated carbocycles. The van der Waals surface area contributed by atoms with Crippen LogP contribution in [0.3, 0.4) is 0 Å². The molecule has 3 aromatic heterocycles. The van der Waals surface area contributed by atoms with Crippen molar-refractivity contribution in [2.45, 2.75) is 13.8 Å². The summed E-state index contributed by atoms with van der Waals surface area (Å²) >= 11 is 0. The molecule has 0 spiro atoms. The van der Waals surface area contributed by atoms with Crippen molar-refractivity contribution in [2.24, 2.45) is 13.0 Å². The molecule has 0 unspecified atom stereocenters. The first-order chi connectivity index (χ1) is 21.9. The summed E-state index contributed by atoms with van der Waals surface area (Å²) in [6.45, 7) is 12.5. The molecule has 4 heterocycles. The zero-order valence-electron chi connectivity index (χ0n) is 27.9. The highest BCUT2D eigenvalue weighted by Crippen LogP contribution is 2.32. The molecule has 0 aromatic carbocycles. The lowest BCUT2D eigenvalue weighted by Crippen LogP contribution is -2.47. The lowest BCUT2D eigenvalue weighted by atomic mass is 10.2. The Balaban J connectivity index is 1.84. The Morgan fingerprint density at radius 1 is 0.733 bits per heavy atom. The van der Waals surface area contributed by atoms with Gasteiger partial charge in [0.25, 0.3) is 0 Å². The standard InChI is InChI=1S/C29H50N12O4/c1-22(2)20-30-25-23-24(33-28(34-25)40(12-16-42-4)13-17-43-5)26(35-29(32-23)41(14-18-44-6)15-19-45-7)38-8-10-39(11-9-38)27-31-21-37(3)36-27/h21-22H,8-20H2,1-7H3,(H,30,33,34). The molecule has 45 heavy (non-hydrogen) atoms. The Labute approximate surface area is 266 Å². The number of nitrogens with one attached hydrogen (secondary N) is 1. The van der Waals surface area contributed by atoms with E-state index in [9.17, 15) is 0 Å². The van der Waals surface area contributed by atoms with Gasteiger partial charge < -0.3 is 43.9 Å². The quantitative estimate of drug-likeness (QED) is 0.202. The molecule has 3 aromatic rings. The zero-order valence-corrected chi connectivity index (χ0v) is 27.9. The number of aryl methyl sites for hydroxylation is 1. The van der Waals surface area contributed by atoms with E-state index in [0.717, 1.165) is 31.4 Å². The number of nitrogens with zero attached hydrogens (tertiary/aromatic N) is 11. The van der Waals surface area contributed by atoms with E-state index in [2.05, 4.69) is 48.8 Å². The van der Waals surface area contributed by atoms with Gasteiger partial charge in [0.1, 0.15) is 17.4 Å². The molecule has 0 bridgehead atoms. The van der Waals surface area contributed by atoms with Gasteiger partial charge in [-0.15, -0.1) is 5.10 Å². The highest BCUT2D eigenvalue weighted by atomic mass is 16.5. The van der Waals surface area contributed by atoms with Gasteiger partial charge in [-0.1, -0.05) is 13.8 Å². The van der Waals surface area contributed by atoms with Crippen molar-refractivity contribution in [3.63, 3.8) is 0 Å². The third kappa shape index (κ3) is 9.22. The second-order valence-corrected chi connectivity index (χ2v) is 11.3. The van der Waals surface area contributed by atoms with Crippen LogP contribution >= 0.6 is 0 Å². The second-order valence-electron chi connectivity index (χ2n) is 11.3. The largest absolute Gasteiger partial charge is 0.383 e. The van der Waals surface area contributed by atoms with E-state index < -0.39 is 0 Å². The number of hydrogen-bond acceptors (Lipinski definition) is 15. The molecule has 16 nitrogen and oxygen atoms in total. The fourth-order valence-corrected chi connectivity index (χ4v) is 4.93. The first-order valence-corrected chi connectivity index (χ1v) is 15.5. The zero-order chi connectivity index (χ0) is 32.2. The highest BCUT2D eigenvalue weighted by molar-refractivity contribution is 5.95. The van der Waals surface area contributed by atoms with Crippen LogP contribution in [-0.4, -0.2) is 148 Å². The minimum atomic E-state index is 0.394. The van der Waals surface area contributed by atoms with Crippen LogP contribution in [0.2, 0.25) is 0 Å². The van der Waals surface area contributed by atoms with Gasteiger partial charge in [0.2, 0.25) is 17.8 Å². The number of rotatable bonds is 19. The molecule has 1 fully saturated rings. The van der Waals surface area contributed by atoms with Crippen LogP contribution in [0.15, 0.2) is 6.33 Å². The minimum absolute atomic E-state index is 0.394. The Morgan fingerprint density at radius 3 is 1.73 bits per heavy atom. The van der Waals surface area contributed by atoms with Gasteiger partial charge in [-0.2, -0.15) is 9.97 Å². The Bertz CT molecular complexity index is 1300. The predicted molar refractivity (Wildman–Crippen MR) is 176 cm³/mol. The monoisotopic (exact) mass is 630 g/mol. The normalized spacial score (nSPS) is 13.7. The van der Waals surface area contributed by atoms with E-state index in [-0.39, 0.29) is 0 Å². The fraction of sp³-hybridized carbons (Fsp3) is 0.724. The van der Waals surface area contributed by atoms with E-state index in [1.165, 1.54) is 0 Å². The van der Waals surface area contributed by atoms with E-state index in [0.29, 0.717) is 100 Å². The van der Waals surface area contributed by atoms with Crippen molar-refractivity contribution in [2.75, 3.05) is 139 Å². The maximum Gasteiger partial charge on any atom is 0.244 e. The Morgan fingerprint density at radius 2 is 1.24 bits per heavy atom. The highest BCUT2D eigenvalue weighted by Gasteiger charge is 2.27. The first kappa shape index (κ1) is 34.3. The first-order valence-electron chi connectivity index (χ1n) is 15.5. The summed E-state index contributed by atoms with van der Waals surface area (Å²) in [5.74, 6) is 3.71. The van der Waals surface area contributed by atoms with Crippen LogP contribution in [-0.2, 0) is 26.0 Å². The molecule has 0 radical (unpaired) electrons. The van der Waals surface area contributed by atoms with Crippen LogP contribution in [0, 0.1) is 5.92 Å². The summed E-state index contributed by atoms with van der Waals surface area (Å²) in [5.41, 5.74) is 1.36. The molecule has 0 amide bonds. The van der Waals surface area contributed by atoms with Crippen LogP contribution in [0.1, 0.15) is 13.8 Å². The average molecular weight is 631 g/mol. The number of ether oxygens (including phenoxy) is 4. The molecule has 16 heteroatoms. The average Bonchev–Trinajstić information content (AvgIpc) is 3.49. The van der Waals surface area contributed by atoms with Gasteiger partial charge in [0.05, 0.1) is 26.4 Å². The summed E-state index contributed by atoms with van der Waals surface area (Å²) in [6, 6.07) is 0. The molecule has 0 aliphatic carbocycles. The third-order valence-corrected chi connectivity index (χ3v) is 7.46. The molecular weight excluding hydrogens is 580 g/mol. The smallest absolute Gasteiger partial charge is 0.244 e. The van der Waals surface area contributed by atoms with Crippen molar-refractivity contribution in [3.8, 4) is 0 Å². The number of fused-ring (bicyclic) bond motifs is 1. The molecule has 1 aliphatic rings. The van der Waals surface area contributed by atoms with Crippen LogP contribution in [0.5, 0.6) is 0 Å². The number of anilines is 5. The van der Waals surface area contributed by atoms with Crippen LogP contribution in [0.25, 0.3) is 11.0 Å². The fourth-order valence-electron chi connectivity index (χ4n) is 4.93. The van der Waals surface area contributed by atoms with Crippen molar-refractivity contribution >= 4 is 40.5 Å². The molecule has 1 N–H and O–H groups in total. The van der Waals surface area contributed by atoms with Crippen LogP contribution in [0.4, 0.5) is 29.5 Å². The van der Waals surface area contributed by atoms with E-state index >= 15 is 0 Å². The summed E-state index contributed by atoms with van der Waals surface area (Å²) < 4.78 is 23.4. The molecule has 1 aliphatic heterocycles. The van der Waals surface area contributed by atoms with Gasteiger partial charge in [-0.25, -0.2) is 15.0 Å². The van der Waals surface area contributed by atoms with Gasteiger partial charge in [0.15, 0.2) is 11.6 Å². The Hall–Kier alpha value is -3.60. The molecular formula is C29H50N12O4. The van der Waals surface area contributed by atoms with Gasteiger partial charge >= 0.3 is 0 Å². The lowest BCUT2D eigenvalue weighted by molar-refractivity contribution is 0.189. The predicted octanol–water partition coefficient (Wildman–Crippen LogP) is 1.14. The maximum absolute atomic E-state index is 5.43. The van der Waals surface area contributed by atoms with Gasteiger partial charge in [0, 0.05) is 94.4 Å². The third-order valence-electron chi connectivity index (χ3n) is 7.46. The lowest BCUT2D eigenvalue weighted by Gasteiger charge is -2.35. The van der Waals surface area contributed by atoms with Gasteiger partial charge in [-0.05, 0) is 5.92 Å². The van der Waals surface area contributed by atoms with Crippen molar-refractivity contribution in [1.82, 2.24) is 34.7 Å². The number of piperazine rings is 1. The summed E-state index contributed by atoms with van der Waals surface area (Å²) in [7, 11) is 8.65. The minimum Gasteiger partial charge on any atom is -0.383 e. The molecule has 1 saturated heterocycles. The number of aromatic nitrogens is 7. The van der Waals surface area contributed by atoms with E-state index in [1.54, 1.807) is 39.4 Å². The molecule has 0 atom stereocenters. The van der Waals surface area contributed by atoms with Crippen molar-refractivity contribution < 1.29 is 18.9 Å².